The number of rotatable bonds is 0. The zero-order valence-electron chi connectivity index (χ0n) is 5.23. The van der Waals surface area contributed by atoms with Gasteiger partial charge in [-0.3, -0.25) is 4.99 Å². The highest BCUT2D eigenvalue weighted by molar-refractivity contribution is 5.54. The van der Waals surface area contributed by atoms with Crippen LogP contribution in [-0.4, -0.2) is 18.4 Å². The third kappa shape index (κ3) is 1.20. The first kappa shape index (κ1) is 5.56. The van der Waals surface area contributed by atoms with Gasteiger partial charge in [0.1, 0.15) is 0 Å². The maximum Gasteiger partial charge on any atom is 0.0967 e. The van der Waals surface area contributed by atoms with Gasteiger partial charge in [-0.15, -0.1) is 0 Å². The van der Waals surface area contributed by atoms with E-state index in [1.165, 1.54) is 0 Å². The summed E-state index contributed by atoms with van der Waals surface area (Å²) >= 11 is 0. The Kier molecular flexibility index (Phi) is 1.21. The van der Waals surface area contributed by atoms with Crippen LogP contribution in [0.2, 0.25) is 0 Å². The molecule has 1 aliphatic heterocycles. The van der Waals surface area contributed by atoms with Gasteiger partial charge in [0, 0.05) is 0 Å². The Morgan fingerprint density at radius 1 is 1.62 bits per heavy atom. The van der Waals surface area contributed by atoms with E-state index in [4.69, 9.17) is 0 Å². The van der Waals surface area contributed by atoms with Crippen LogP contribution in [0.5, 0.6) is 0 Å². The highest BCUT2D eigenvalue weighted by atomic mass is 15.4. The quantitative estimate of drug-likeness (QED) is 0.460. The van der Waals surface area contributed by atoms with Gasteiger partial charge in [-0.1, -0.05) is 0 Å². The second-order valence-corrected chi connectivity index (χ2v) is 2.62. The highest BCUT2D eigenvalue weighted by Crippen LogP contribution is 2.01. The summed E-state index contributed by atoms with van der Waals surface area (Å²) in [7, 11) is 0. The maximum absolute atomic E-state index is 4.03. The van der Waals surface area contributed by atoms with Gasteiger partial charge in [0.2, 0.25) is 0 Å². The highest BCUT2D eigenvalue weighted by Gasteiger charge is 2.16. The maximum atomic E-state index is 4.03. The first-order valence-corrected chi connectivity index (χ1v) is 2.72. The first-order valence-electron chi connectivity index (χ1n) is 2.72. The Hall–Kier alpha value is -0.570. The molecular formula is C5H11N3. The predicted octanol–water partition coefficient (Wildman–Crippen LogP) is -0.0989. The van der Waals surface area contributed by atoms with Crippen molar-refractivity contribution < 1.29 is 0 Å². The zero-order chi connectivity index (χ0) is 6.04. The molecule has 1 aliphatic rings. The second-order valence-electron chi connectivity index (χ2n) is 2.62. The minimum absolute atomic E-state index is 0.120. The SMILES string of the molecule is CC1(C)CN=CNN1. The summed E-state index contributed by atoms with van der Waals surface area (Å²) < 4.78 is 0. The van der Waals surface area contributed by atoms with Crippen molar-refractivity contribution in [3.8, 4) is 0 Å². The van der Waals surface area contributed by atoms with E-state index in [0.29, 0.717) is 0 Å². The van der Waals surface area contributed by atoms with Crippen LogP contribution < -0.4 is 10.9 Å². The fourth-order valence-corrected chi connectivity index (χ4v) is 0.587. The van der Waals surface area contributed by atoms with E-state index in [9.17, 15) is 0 Å². The molecule has 1 rings (SSSR count). The largest absolute Gasteiger partial charge is 0.312 e. The first-order chi connectivity index (χ1) is 3.71. The third-order valence-electron chi connectivity index (χ3n) is 1.05. The molecule has 0 saturated heterocycles. The smallest absolute Gasteiger partial charge is 0.0967 e. The Morgan fingerprint density at radius 3 is 2.62 bits per heavy atom. The fourth-order valence-electron chi connectivity index (χ4n) is 0.587. The van der Waals surface area contributed by atoms with Crippen molar-refractivity contribution in [1.29, 1.82) is 0 Å². The number of hydrazine groups is 1. The van der Waals surface area contributed by atoms with Gasteiger partial charge in [0.05, 0.1) is 18.4 Å². The van der Waals surface area contributed by atoms with Gasteiger partial charge in [0.15, 0.2) is 0 Å². The summed E-state index contributed by atoms with van der Waals surface area (Å²) in [5, 5.41) is 0. The van der Waals surface area contributed by atoms with Crippen LogP contribution in [0, 0.1) is 0 Å². The summed E-state index contributed by atoms with van der Waals surface area (Å²) in [5.74, 6) is 0. The Bertz CT molecular complexity index is 106. The molecule has 0 amide bonds. The van der Waals surface area contributed by atoms with E-state index in [-0.39, 0.29) is 5.54 Å². The van der Waals surface area contributed by atoms with Crippen molar-refractivity contribution in [3.05, 3.63) is 0 Å². The summed E-state index contributed by atoms with van der Waals surface area (Å²) in [6.45, 7) is 5.03. The molecule has 0 saturated carbocycles. The van der Waals surface area contributed by atoms with E-state index in [1.807, 2.05) is 0 Å². The number of nitrogens with one attached hydrogen (secondary N) is 2. The van der Waals surface area contributed by atoms with Crippen LogP contribution >= 0.6 is 0 Å². The lowest BCUT2D eigenvalue weighted by Crippen LogP contribution is -2.52. The van der Waals surface area contributed by atoms with E-state index < -0.39 is 0 Å². The number of nitrogens with zero attached hydrogens (tertiary/aromatic N) is 1. The number of hydrogen-bond donors (Lipinski definition) is 2. The molecule has 0 aliphatic carbocycles. The summed E-state index contributed by atoms with van der Waals surface area (Å²) in [5.41, 5.74) is 6.01. The molecule has 0 aromatic carbocycles. The van der Waals surface area contributed by atoms with Crippen LogP contribution in [0.25, 0.3) is 0 Å². The van der Waals surface area contributed by atoms with Crippen molar-refractivity contribution in [1.82, 2.24) is 10.9 Å². The van der Waals surface area contributed by atoms with Crippen molar-refractivity contribution in [2.45, 2.75) is 19.4 Å². The molecule has 0 unspecified atom stereocenters. The van der Waals surface area contributed by atoms with Crippen LogP contribution in [0.1, 0.15) is 13.8 Å². The Labute approximate surface area is 49.2 Å². The number of aliphatic imine (C=N–C) groups is 1. The average molecular weight is 113 g/mol. The lowest BCUT2D eigenvalue weighted by molar-refractivity contribution is 0.366. The minimum Gasteiger partial charge on any atom is -0.312 e. The summed E-state index contributed by atoms with van der Waals surface area (Å²) in [4.78, 5) is 4.03. The van der Waals surface area contributed by atoms with Crippen LogP contribution in [0.15, 0.2) is 4.99 Å². The van der Waals surface area contributed by atoms with E-state index in [2.05, 4.69) is 29.7 Å². The monoisotopic (exact) mass is 113 g/mol. The predicted molar refractivity (Wildman–Crippen MR) is 33.7 cm³/mol. The molecule has 0 spiro atoms. The fraction of sp³-hybridized carbons (Fsp3) is 0.800. The van der Waals surface area contributed by atoms with Gasteiger partial charge in [0.25, 0.3) is 0 Å². The van der Waals surface area contributed by atoms with E-state index in [0.717, 1.165) is 6.54 Å². The normalized spacial score (nSPS) is 24.8. The topological polar surface area (TPSA) is 36.4 Å². The molecule has 1 heterocycles. The van der Waals surface area contributed by atoms with Gasteiger partial charge in [-0.25, -0.2) is 5.43 Å². The molecule has 3 heteroatoms. The molecule has 2 N–H and O–H groups in total. The molecule has 0 fully saturated rings. The summed E-state index contributed by atoms with van der Waals surface area (Å²) in [6, 6.07) is 0. The Balaban J connectivity index is 2.50. The lowest BCUT2D eigenvalue weighted by atomic mass is 10.1. The number of hydrogen-bond acceptors (Lipinski definition) is 3. The van der Waals surface area contributed by atoms with Gasteiger partial charge >= 0.3 is 0 Å². The third-order valence-corrected chi connectivity index (χ3v) is 1.05. The molecule has 8 heavy (non-hydrogen) atoms. The van der Waals surface area contributed by atoms with Crippen LogP contribution in [-0.2, 0) is 0 Å². The zero-order valence-corrected chi connectivity index (χ0v) is 5.23. The van der Waals surface area contributed by atoms with Crippen LogP contribution in [0.3, 0.4) is 0 Å². The van der Waals surface area contributed by atoms with Gasteiger partial charge < -0.3 is 5.43 Å². The van der Waals surface area contributed by atoms with Crippen molar-refractivity contribution in [3.63, 3.8) is 0 Å². The Morgan fingerprint density at radius 2 is 2.38 bits per heavy atom. The standard InChI is InChI=1S/C5H11N3/c1-5(2)3-6-4-7-8-5/h4,8H,3H2,1-2H3,(H,6,7). The van der Waals surface area contributed by atoms with Gasteiger partial charge in [-0.2, -0.15) is 0 Å². The molecule has 0 bridgehead atoms. The molecule has 46 valence electrons. The molecule has 0 atom stereocenters. The molecular weight excluding hydrogens is 102 g/mol. The van der Waals surface area contributed by atoms with E-state index >= 15 is 0 Å². The van der Waals surface area contributed by atoms with Gasteiger partial charge in [-0.05, 0) is 13.8 Å². The van der Waals surface area contributed by atoms with Crippen molar-refractivity contribution in [2.24, 2.45) is 4.99 Å². The molecule has 0 radical (unpaired) electrons. The van der Waals surface area contributed by atoms with Crippen LogP contribution in [0.4, 0.5) is 0 Å². The molecule has 0 aromatic rings. The average Bonchev–Trinajstić information content (AvgIpc) is 1.65. The molecule has 0 aromatic heterocycles. The van der Waals surface area contributed by atoms with Crippen molar-refractivity contribution >= 4 is 6.34 Å². The second kappa shape index (κ2) is 1.74. The lowest BCUT2D eigenvalue weighted by Gasteiger charge is -2.26. The minimum atomic E-state index is 0.120. The van der Waals surface area contributed by atoms with Crippen molar-refractivity contribution in [2.75, 3.05) is 6.54 Å². The summed E-state index contributed by atoms with van der Waals surface area (Å²) in [6.07, 6.45) is 1.67. The molecule has 3 nitrogen and oxygen atoms in total. The van der Waals surface area contributed by atoms with E-state index in [1.54, 1.807) is 6.34 Å².